The molecule has 37 heavy (non-hydrogen) atoms. The maximum absolute atomic E-state index is 2.50. The van der Waals surface area contributed by atoms with Crippen LogP contribution in [0, 0.1) is 0 Å². The smallest absolute Gasteiger partial charge is 0.0991 e. The molecule has 0 amide bonds. The van der Waals surface area contributed by atoms with Gasteiger partial charge in [-0.05, 0) is 72.2 Å². The molecule has 2 nitrogen and oxygen atoms in total. The number of rotatable bonds is 6. The van der Waals surface area contributed by atoms with Gasteiger partial charge in [-0.3, -0.25) is 0 Å². The molecule has 0 radical (unpaired) electrons. The molecule has 0 spiro atoms. The Labute approximate surface area is 228 Å². The van der Waals surface area contributed by atoms with Gasteiger partial charge in [0.25, 0.3) is 0 Å². The fourth-order valence-corrected chi connectivity index (χ4v) is 7.67. The first-order valence-corrected chi connectivity index (χ1v) is 14.6. The van der Waals surface area contributed by atoms with Crippen LogP contribution in [0.5, 0.6) is 0 Å². The van der Waals surface area contributed by atoms with Gasteiger partial charge < -0.3 is 9.80 Å². The van der Waals surface area contributed by atoms with Crippen molar-refractivity contribution in [2.75, 3.05) is 22.9 Å². The second-order valence-electron chi connectivity index (χ2n) is 9.09. The molecule has 0 bridgehead atoms. The molecule has 1 unspecified atom stereocenters. The summed E-state index contributed by atoms with van der Waals surface area (Å²) in [4.78, 5) is 7.58. The third-order valence-electron chi connectivity index (χ3n) is 6.96. The summed E-state index contributed by atoms with van der Waals surface area (Å²) in [5.74, 6) is 0. The molecule has 0 fully saturated rings. The molecule has 184 valence electrons. The number of likely N-dealkylation sites (N-methyl/N-ethyl adjacent to an activating group) is 1. The van der Waals surface area contributed by atoms with Crippen LogP contribution in [0.15, 0.2) is 130 Å². The largest absolute Gasteiger partial charge is 0.355 e. The Kier molecular flexibility index (Phi) is 6.86. The first-order chi connectivity index (χ1) is 18.3. The minimum atomic E-state index is 0.255. The van der Waals surface area contributed by atoms with Crippen LogP contribution in [0.2, 0.25) is 0 Å². The van der Waals surface area contributed by atoms with Gasteiger partial charge in [-0.2, -0.15) is 0 Å². The third-order valence-corrected chi connectivity index (χ3v) is 9.32. The number of fused-ring (bicyclic) bond motifs is 3. The third kappa shape index (κ3) is 4.60. The van der Waals surface area contributed by atoms with Gasteiger partial charge in [0.05, 0.1) is 21.8 Å². The van der Waals surface area contributed by atoms with Gasteiger partial charge in [0.15, 0.2) is 0 Å². The second-order valence-corrected chi connectivity index (χ2v) is 11.3. The van der Waals surface area contributed by atoms with Gasteiger partial charge in [-0.25, -0.2) is 0 Å². The fraction of sp³-hybridized carbons (Fsp3) is 0.152. The van der Waals surface area contributed by atoms with Gasteiger partial charge in [0, 0.05) is 22.9 Å². The van der Waals surface area contributed by atoms with Crippen molar-refractivity contribution in [2.45, 2.75) is 29.0 Å². The second kappa shape index (κ2) is 10.6. The van der Waals surface area contributed by atoms with Gasteiger partial charge in [-0.15, -0.1) is 0 Å². The van der Waals surface area contributed by atoms with E-state index in [0.717, 1.165) is 13.1 Å². The highest BCUT2D eigenvalue weighted by Gasteiger charge is 2.27. The molecule has 4 heteroatoms. The van der Waals surface area contributed by atoms with Crippen LogP contribution >= 0.6 is 23.5 Å². The highest BCUT2D eigenvalue weighted by molar-refractivity contribution is 8.03. The van der Waals surface area contributed by atoms with E-state index in [1.54, 1.807) is 0 Å². The molecule has 2 heterocycles. The number of hydrogen-bond donors (Lipinski definition) is 0. The molecule has 0 aliphatic carbocycles. The first kappa shape index (κ1) is 24.0. The standard InChI is InChI=1S/C33H30N2S2/c1-3-34-28-18-7-9-20-30(28)36-32(34)22-12-15-25(27-17-11-14-24-13-5-6-16-26(24)27)23-33-35(4-2)29-19-8-10-21-31(29)37-33/h5-23,33H,3-4H2,1-2H3/b15-12+,25-23-,32-22-. The van der Waals surface area contributed by atoms with Crippen LogP contribution in [0.3, 0.4) is 0 Å². The van der Waals surface area contributed by atoms with E-state index >= 15 is 0 Å². The van der Waals surface area contributed by atoms with E-state index in [1.807, 2.05) is 23.5 Å². The van der Waals surface area contributed by atoms with Crippen LogP contribution in [0.4, 0.5) is 11.4 Å². The van der Waals surface area contributed by atoms with Gasteiger partial charge in [-0.1, -0.05) is 102 Å². The van der Waals surface area contributed by atoms with E-state index in [9.17, 15) is 0 Å². The predicted octanol–water partition coefficient (Wildman–Crippen LogP) is 9.21. The molecular weight excluding hydrogens is 489 g/mol. The minimum Gasteiger partial charge on any atom is -0.355 e. The van der Waals surface area contributed by atoms with E-state index in [0.29, 0.717) is 0 Å². The molecule has 0 N–H and O–H groups in total. The highest BCUT2D eigenvalue weighted by atomic mass is 32.2. The predicted molar refractivity (Wildman–Crippen MR) is 164 cm³/mol. The summed E-state index contributed by atoms with van der Waals surface area (Å²) < 4.78 is 0. The zero-order chi connectivity index (χ0) is 25.2. The van der Waals surface area contributed by atoms with Gasteiger partial charge >= 0.3 is 0 Å². The van der Waals surface area contributed by atoms with Gasteiger partial charge in [0.2, 0.25) is 0 Å². The summed E-state index contributed by atoms with van der Waals surface area (Å²) in [7, 11) is 0. The van der Waals surface area contributed by atoms with Crippen LogP contribution in [-0.4, -0.2) is 18.5 Å². The first-order valence-electron chi connectivity index (χ1n) is 12.9. The van der Waals surface area contributed by atoms with Crippen molar-refractivity contribution < 1.29 is 0 Å². The zero-order valence-corrected chi connectivity index (χ0v) is 22.8. The molecule has 2 aliphatic rings. The lowest BCUT2D eigenvalue weighted by atomic mass is 9.97. The van der Waals surface area contributed by atoms with Crippen molar-refractivity contribution in [3.05, 3.63) is 126 Å². The molecule has 1 atom stereocenters. The Morgan fingerprint density at radius 1 is 0.784 bits per heavy atom. The Balaban J connectivity index is 1.40. The molecule has 6 rings (SSSR count). The summed E-state index contributed by atoms with van der Waals surface area (Å²) in [5.41, 5.74) is 5.16. The zero-order valence-electron chi connectivity index (χ0n) is 21.2. The van der Waals surface area contributed by atoms with Crippen molar-refractivity contribution >= 4 is 51.2 Å². The Morgan fingerprint density at radius 2 is 1.51 bits per heavy atom. The van der Waals surface area contributed by atoms with Gasteiger partial charge in [0.1, 0.15) is 0 Å². The summed E-state index contributed by atoms with van der Waals surface area (Å²) in [5, 5.41) is 4.09. The van der Waals surface area contributed by atoms with Crippen LogP contribution in [-0.2, 0) is 0 Å². The van der Waals surface area contributed by atoms with E-state index in [4.69, 9.17) is 0 Å². The Bertz CT molecular complexity index is 1530. The average Bonchev–Trinajstić information content (AvgIpc) is 3.49. The number of para-hydroxylation sites is 2. The van der Waals surface area contributed by atoms with Crippen LogP contribution in [0.1, 0.15) is 19.4 Å². The lowest BCUT2D eigenvalue weighted by molar-refractivity contribution is 0.879. The quantitative estimate of drug-likeness (QED) is 0.235. The number of benzene rings is 4. The number of nitrogens with zero attached hydrogens (tertiary/aromatic N) is 2. The summed E-state index contributed by atoms with van der Waals surface area (Å²) in [6, 6.07) is 32.8. The molecule has 4 aromatic carbocycles. The van der Waals surface area contributed by atoms with Crippen LogP contribution < -0.4 is 9.80 Å². The Hall–Kier alpha value is -3.34. The topological polar surface area (TPSA) is 6.48 Å². The normalized spacial score (nSPS) is 18.3. The fourth-order valence-electron chi connectivity index (χ4n) is 5.20. The van der Waals surface area contributed by atoms with E-state index in [-0.39, 0.29) is 5.37 Å². The molecule has 0 saturated heterocycles. The average molecular weight is 519 g/mol. The van der Waals surface area contributed by atoms with Crippen molar-refractivity contribution in [1.82, 2.24) is 0 Å². The molecule has 2 aliphatic heterocycles. The number of hydrogen-bond acceptors (Lipinski definition) is 4. The summed E-state index contributed by atoms with van der Waals surface area (Å²) >= 11 is 3.79. The number of allylic oxidation sites excluding steroid dienone is 4. The van der Waals surface area contributed by atoms with Crippen LogP contribution in [0.25, 0.3) is 16.3 Å². The lowest BCUT2D eigenvalue weighted by Gasteiger charge is -2.23. The van der Waals surface area contributed by atoms with Crippen molar-refractivity contribution in [2.24, 2.45) is 0 Å². The molecule has 0 saturated carbocycles. The monoisotopic (exact) mass is 518 g/mol. The molecule has 0 aromatic heterocycles. The van der Waals surface area contributed by atoms with E-state index in [1.165, 1.54) is 48.1 Å². The number of thioether (sulfide) groups is 2. The van der Waals surface area contributed by atoms with E-state index in [2.05, 4.69) is 139 Å². The summed E-state index contributed by atoms with van der Waals surface area (Å²) in [6.07, 6.45) is 9.23. The highest BCUT2D eigenvalue weighted by Crippen LogP contribution is 2.46. The van der Waals surface area contributed by atoms with Crippen molar-refractivity contribution in [1.29, 1.82) is 0 Å². The van der Waals surface area contributed by atoms with Crippen molar-refractivity contribution in [3.63, 3.8) is 0 Å². The molecule has 4 aromatic rings. The molecular formula is C33H30N2S2. The lowest BCUT2D eigenvalue weighted by Crippen LogP contribution is -2.27. The van der Waals surface area contributed by atoms with E-state index < -0.39 is 0 Å². The Morgan fingerprint density at radius 3 is 2.35 bits per heavy atom. The summed E-state index contributed by atoms with van der Waals surface area (Å²) in [6.45, 7) is 6.39. The SMILES string of the molecule is CCN1/C(=C/C=C/C(=C/C2Sc3ccccc3N2CC)c2cccc3ccccc23)Sc2ccccc21. The maximum Gasteiger partial charge on any atom is 0.0991 e. The maximum atomic E-state index is 2.50. The minimum absolute atomic E-state index is 0.255. The van der Waals surface area contributed by atoms with Crippen molar-refractivity contribution in [3.8, 4) is 0 Å². The number of anilines is 2.